The maximum atomic E-state index is 12.0. The molecule has 1 rings (SSSR count). The molecule has 1 aliphatic rings. The first-order chi connectivity index (χ1) is 8.71. The summed E-state index contributed by atoms with van der Waals surface area (Å²) in [5.41, 5.74) is -0.00885. The number of carbonyl (C=O) groups excluding carboxylic acids is 1. The first-order valence-corrected chi connectivity index (χ1v) is 6.61. The van der Waals surface area contributed by atoms with Crippen LogP contribution in [0.25, 0.3) is 0 Å². The Bertz CT molecular complexity index is 342. The molecule has 0 saturated carbocycles. The zero-order valence-corrected chi connectivity index (χ0v) is 12.3. The summed E-state index contributed by atoms with van der Waals surface area (Å²) in [5, 5.41) is 11.8. The van der Waals surface area contributed by atoms with E-state index in [0.717, 1.165) is 6.54 Å². The lowest BCUT2D eigenvalue weighted by molar-refractivity contribution is -0.141. The highest BCUT2D eigenvalue weighted by atomic mass is 16.4. The maximum Gasteiger partial charge on any atom is 0.317 e. The van der Waals surface area contributed by atoms with Crippen molar-refractivity contribution in [2.75, 3.05) is 40.3 Å². The van der Waals surface area contributed by atoms with Crippen molar-refractivity contribution in [2.24, 2.45) is 11.3 Å². The van der Waals surface area contributed by atoms with Gasteiger partial charge in [0.2, 0.25) is 0 Å². The van der Waals surface area contributed by atoms with E-state index >= 15 is 0 Å². The Morgan fingerprint density at radius 2 is 2.05 bits per heavy atom. The molecule has 1 fully saturated rings. The minimum Gasteiger partial charge on any atom is -0.481 e. The second kappa shape index (κ2) is 6.23. The van der Waals surface area contributed by atoms with Gasteiger partial charge in [-0.2, -0.15) is 0 Å². The van der Waals surface area contributed by atoms with E-state index in [4.69, 9.17) is 5.11 Å². The third-order valence-electron chi connectivity index (χ3n) is 3.29. The second-order valence-corrected chi connectivity index (χ2v) is 6.33. The molecule has 0 bridgehead atoms. The maximum absolute atomic E-state index is 12.0. The van der Waals surface area contributed by atoms with E-state index in [1.165, 1.54) is 0 Å². The number of carboxylic acids is 1. The van der Waals surface area contributed by atoms with Gasteiger partial charge >= 0.3 is 12.0 Å². The highest BCUT2D eigenvalue weighted by molar-refractivity contribution is 5.77. The molecule has 0 radical (unpaired) electrons. The van der Waals surface area contributed by atoms with Crippen LogP contribution in [0.3, 0.4) is 0 Å². The van der Waals surface area contributed by atoms with Crippen LogP contribution < -0.4 is 5.32 Å². The van der Waals surface area contributed by atoms with E-state index in [2.05, 4.69) is 24.1 Å². The summed E-state index contributed by atoms with van der Waals surface area (Å²) in [7, 11) is 4.00. The van der Waals surface area contributed by atoms with Gasteiger partial charge in [-0.3, -0.25) is 4.79 Å². The number of carbonyl (C=O) groups is 2. The Morgan fingerprint density at radius 1 is 1.42 bits per heavy atom. The van der Waals surface area contributed by atoms with Crippen molar-refractivity contribution in [3.8, 4) is 0 Å². The number of rotatable bonds is 5. The summed E-state index contributed by atoms with van der Waals surface area (Å²) in [5.74, 6) is -1.23. The van der Waals surface area contributed by atoms with E-state index < -0.39 is 11.9 Å². The predicted molar refractivity (Wildman–Crippen MR) is 73.0 cm³/mol. The molecule has 1 heterocycles. The average molecular weight is 271 g/mol. The second-order valence-electron chi connectivity index (χ2n) is 6.33. The number of hydrogen-bond acceptors (Lipinski definition) is 3. The fourth-order valence-corrected chi connectivity index (χ4v) is 2.48. The topological polar surface area (TPSA) is 72.9 Å². The summed E-state index contributed by atoms with van der Waals surface area (Å²) in [6.45, 7) is 6.49. The van der Waals surface area contributed by atoms with Crippen molar-refractivity contribution in [1.82, 2.24) is 15.1 Å². The monoisotopic (exact) mass is 271 g/mol. The van der Waals surface area contributed by atoms with Crippen molar-refractivity contribution < 1.29 is 14.7 Å². The zero-order valence-electron chi connectivity index (χ0n) is 12.3. The standard InChI is InChI=1S/C13H25N3O3/c1-13(2,9-15(3)4)8-14-12(19)16-6-5-10(7-16)11(17)18/h10H,5-9H2,1-4H3,(H,14,19)(H,17,18). The van der Waals surface area contributed by atoms with Gasteiger partial charge in [0, 0.05) is 26.2 Å². The minimum atomic E-state index is -0.816. The van der Waals surface area contributed by atoms with Gasteiger partial charge in [0.05, 0.1) is 5.92 Å². The zero-order chi connectivity index (χ0) is 14.6. The van der Waals surface area contributed by atoms with E-state index in [0.29, 0.717) is 26.1 Å². The van der Waals surface area contributed by atoms with Gasteiger partial charge in [-0.15, -0.1) is 0 Å². The van der Waals surface area contributed by atoms with Crippen LogP contribution in [-0.4, -0.2) is 67.2 Å². The van der Waals surface area contributed by atoms with Crippen LogP contribution in [0.2, 0.25) is 0 Å². The number of likely N-dealkylation sites (tertiary alicyclic amines) is 1. The van der Waals surface area contributed by atoms with Crippen LogP contribution >= 0.6 is 0 Å². The van der Waals surface area contributed by atoms with Gasteiger partial charge in [-0.25, -0.2) is 4.79 Å². The van der Waals surface area contributed by atoms with Crippen molar-refractivity contribution in [3.63, 3.8) is 0 Å². The normalized spacial score (nSPS) is 19.8. The van der Waals surface area contributed by atoms with Gasteiger partial charge in [0.25, 0.3) is 0 Å². The SMILES string of the molecule is CN(C)CC(C)(C)CNC(=O)N1CCC(C(=O)O)C1. The van der Waals surface area contributed by atoms with E-state index in [-0.39, 0.29) is 11.4 Å². The Labute approximate surface area is 114 Å². The molecule has 110 valence electrons. The molecule has 19 heavy (non-hydrogen) atoms. The molecule has 2 N–H and O–H groups in total. The Morgan fingerprint density at radius 3 is 2.53 bits per heavy atom. The molecule has 0 aliphatic carbocycles. The Kier molecular flexibility index (Phi) is 5.17. The smallest absolute Gasteiger partial charge is 0.317 e. The largest absolute Gasteiger partial charge is 0.481 e. The number of nitrogens with zero attached hydrogens (tertiary/aromatic N) is 2. The Balaban J connectivity index is 2.38. The van der Waals surface area contributed by atoms with Crippen molar-refractivity contribution in [3.05, 3.63) is 0 Å². The summed E-state index contributed by atoms with van der Waals surface area (Å²) in [4.78, 5) is 26.5. The molecule has 0 aromatic carbocycles. The number of carboxylic acid groups (broad SMARTS) is 1. The highest BCUT2D eigenvalue weighted by Crippen LogP contribution is 2.17. The van der Waals surface area contributed by atoms with Gasteiger partial charge in [0.1, 0.15) is 0 Å². The summed E-state index contributed by atoms with van der Waals surface area (Å²) in [6, 6.07) is -0.157. The molecule has 2 amide bonds. The lowest BCUT2D eigenvalue weighted by Gasteiger charge is -2.29. The first-order valence-electron chi connectivity index (χ1n) is 6.61. The molecule has 6 nitrogen and oxygen atoms in total. The highest BCUT2D eigenvalue weighted by Gasteiger charge is 2.31. The Hall–Kier alpha value is -1.30. The van der Waals surface area contributed by atoms with Gasteiger partial charge in [0.15, 0.2) is 0 Å². The van der Waals surface area contributed by atoms with Crippen molar-refractivity contribution in [1.29, 1.82) is 0 Å². The molecule has 1 atom stereocenters. The van der Waals surface area contributed by atoms with Crippen LogP contribution in [0.5, 0.6) is 0 Å². The van der Waals surface area contributed by atoms with E-state index in [9.17, 15) is 9.59 Å². The number of nitrogens with one attached hydrogen (secondary N) is 1. The average Bonchev–Trinajstić information content (AvgIpc) is 2.73. The summed E-state index contributed by atoms with van der Waals surface area (Å²) >= 11 is 0. The van der Waals surface area contributed by atoms with Crippen LogP contribution in [0, 0.1) is 11.3 Å². The van der Waals surface area contributed by atoms with Gasteiger partial charge in [-0.05, 0) is 25.9 Å². The van der Waals surface area contributed by atoms with Crippen LogP contribution in [-0.2, 0) is 4.79 Å². The predicted octanol–water partition coefficient (Wildman–Crippen LogP) is 0.690. The third kappa shape index (κ3) is 5.06. The molecule has 6 heteroatoms. The van der Waals surface area contributed by atoms with Crippen molar-refractivity contribution >= 4 is 12.0 Å². The lowest BCUT2D eigenvalue weighted by atomic mass is 9.93. The molecule has 0 aromatic rings. The molecule has 0 spiro atoms. The molecule has 1 aliphatic heterocycles. The quantitative estimate of drug-likeness (QED) is 0.771. The number of urea groups is 1. The number of amides is 2. The summed E-state index contributed by atoms with van der Waals surface area (Å²) in [6.07, 6.45) is 0.545. The van der Waals surface area contributed by atoms with Crippen molar-refractivity contribution in [2.45, 2.75) is 20.3 Å². The molecular weight excluding hydrogens is 246 g/mol. The lowest BCUT2D eigenvalue weighted by Crippen LogP contribution is -2.45. The van der Waals surface area contributed by atoms with Crippen LogP contribution in [0.1, 0.15) is 20.3 Å². The fraction of sp³-hybridized carbons (Fsp3) is 0.846. The molecular formula is C13H25N3O3. The third-order valence-corrected chi connectivity index (χ3v) is 3.29. The van der Waals surface area contributed by atoms with Gasteiger partial charge < -0.3 is 20.2 Å². The first kappa shape index (κ1) is 15.8. The molecule has 1 saturated heterocycles. The fourth-order valence-electron chi connectivity index (χ4n) is 2.48. The number of aliphatic carboxylic acids is 1. The minimum absolute atomic E-state index is 0.00885. The van der Waals surface area contributed by atoms with Crippen LogP contribution in [0.15, 0.2) is 0 Å². The molecule has 1 unspecified atom stereocenters. The molecule has 0 aromatic heterocycles. The summed E-state index contributed by atoms with van der Waals surface area (Å²) < 4.78 is 0. The van der Waals surface area contributed by atoms with E-state index in [1.807, 2.05) is 14.1 Å². The number of hydrogen-bond donors (Lipinski definition) is 2. The van der Waals surface area contributed by atoms with Crippen LogP contribution in [0.4, 0.5) is 4.79 Å². The van der Waals surface area contributed by atoms with Gasteiger partial charge in [-0.1, -0.05) is 13.8 Å². The van der Waals surface area contributed by atoms with E-state index in [1.54, 1.807) is 4.90 Å².